The molecule has 106 valence electrons. The summed E-state index contributed by atoms with van der Waals surface area (Å²) in [5.74, 6) is 0.170. The molecular weight excluding hydrogens is 320 g/mol. The van der Waals surface area contributed by atoms with Crippen LogP contribution in [0.4, 0.5) is 5.69 Å². The van der Waals surface area contributed by atoms with Crippen molar-refractivity contribution in [2.75, 3.05) is 11.4 Å². The van der Waals surface area contributed by atoms with Gasteiger partial charge in [-0.1, -0.05) is 12.1 Å². The normalized spacial score (nSPS) is 26.6. The molecule has 0 radical (unpaired) electrons. The third kappa shape index (κ3) is 2.04. The molecule has 0 aromatic heterocycles. The first-order valence-electron chi connectivity index (χ1n) is 6.81. The van der Waals surface area contributed by atoms with Gasteiger partial charge in [-0.2, -0.15) is 0 Å². The van der Waals surface area contributed by atoms with Gasteiger partial charge in [-0.05, 0) is 60.2 Å². The highest BCUT2D eigenvalue weighted by molar-refractivity contribution is 9.10. The molecule has 1 saturated carbocycles. The average Bonchev–Trinajstić information content (AvgIpc) is 3.22. The Labute approximate surface area is 126 Å². The Morgan fingerprint density at radius 3 is 2.70 bits per heavy atom. The molecule has 3 rings (SSSR count). The van der Waals surface area contributed by atoms with Gasteiger partial charge in [0.25, 0.3) is 5.91 Å². The van der Waals surface area contributed by atoms with Crippen molar-refractivity contribution in [3.05, 3.63) is 28.2 Å². The second-order valence-corrected chi connectivity index (χ2v) is 6.62. The number of nitrogens with zero attached hydrogens (tertiary/aromatic N) is 1. The molecule has 2 amide bonds. The number of amides is 2. The minimum atomic E-state index is -0.751. The molecule has 2 aliphatic rings. The summed E-state index contributed by atoms with van der Waals surface area (Å²) >= 11 is 3.53. The third-order valence-corrected chi connectivity index (χ3v) is 5.28. The highest BCUT2D eigenvalue weighted by atomic mass is 79.9. The number of carbonyl (C=O) groups is 2. The molecule has 20 heavy (non-hydrogen) atoms. The lowest BCUT2D eigenvalue weighted by Crippen LogP contribution is -2.66. The molecule has 4 nitrogen and oxygen atoms in total. The van der Waals surface area contributed by atoms with Gasteiger partial charge in [0, 0.05) is 4.47 Å². The molecule has 1 atom stereocenters. The van der Waals surface area contributed by atoms with Crippen molar-refractivity contribution in [2.24, 2.45) is 5.92 Å². The van der Waals surface area contributed by atoms with Gasteiger partial charge in [0.05, 0.1) is 5.69 Å². The zero-order valence-electron chi connectivity index (χ0n) is 11.6. The molecule has 1 aliphatic carbocycles. The van der Waals surface area contributed by atoms with E-state index in [9.17, 15) is 9.59 Å². The van der Waals surface area contributed by atoms with Crippen molar-refractivity contribution in [1.29, 1.82) is 0 Å². The lowest BCUT2D eigenvalue weighted by Gasteiger charge is -2.40. The van der Waals surface area contributed by atoms with Gasteiger partial charge >= 0.3 is 0 Å². The van der Waals surface area contributed by atoms with Crippen molar-refractivity contribution in [2.45, 2.75) is 32.2 Å². The molecule has 5 heteroatoms. The van der Waals surface area contributed by atoms with E-state index in [4.69, 9.17) is 0 Å². The van der Waals surface area contributed by atoms with Crippen LogP contribution in [0.15, 0.2) is 22.7 Å². The van der Waals surface area contributed by atoms with E-state index in [0.29, 0.717) is 0 Å². The van der Waals surface area contributed by atoms with Crippen LogP contribution in [-0.4, -0.2) is 23.9 Å². The van der Waals surface area contributed by atoms with E-state index in [1.165, 1.54) is 0 Å². The molecule has 1 heterocycles. The van der Waals surface area contributed by atoms with Crippen LogP contribution >= 0.6 is 15.9 Å². The number of rotatable bonds is 2. The minimum Gasteiger partial charge on any atom is -0.340 e. The van der Waals surface area contributed by atoms with Gasteiger partial charge in [0.15, 0.2) is 0 Å². The van der Waals surface area contributed by atoms with Crippen molar-refractivity contribution < 1.29 is 9.59 Å². The van der Waals surface area contributed by atoms with E-state index in [0.717, 1.165) is 28.6 Å². The van der Waals surface area contributed by atoms with Crippen molar-refractivity contribution in [1.82, 2.24) is 5.32 Å². The molecule has 0 bridgehead atoms. The van der Waals surface area contributed by atoms with Gasteiger partial charge in [0.2, 0.25) is 5.91 Å². The second-order valence-electron chi connectivity index (χ2n) is 5.82. The van der Waals surface area contributed by atoms with E-state index in [1.807, 2.05) is 32.0 Å². The predicted octanol–water partition coefficient (Wildman–Crippen LogP) is 2.39. The lowest BCUT2D eigenvalue weighted by molar-refractivity contribution is -0.136. The maximum Gasteiger partial charge on any atom is 0.253 e. The first kappa shape index (κ1) is 13.6. The van der Waals surface area contributed by atoms with Gasteiger partial charge in [0.1, 0.15) is 12.1 Å². The zero-order chi connectivity index (χ0) is 14.5. The number of piperazine rings is 1. The Kier molecular flexibility index (Phi) is 3.12. The third-order valence-electron chi connectivity index (χ3n) is 4.25. The van der Waals surface area contributed by atoms with Crippen LogP contribution in [0.3, 0.4) is 0 Å². The maximum atomic E-state index is 12.8. The van der Waals surface area contributed by atoms with Crippen molar-refractivity contribution in [3.8, 4) is 0 Å². The number of aryl methyl sites for hydroxylation is 1. The standard InChI is InChI=1S/C15H17BrN2O2/c1-9-4-3-5-11(13(9)16)18-8-12(19)17-15(2,14(18)20)10-6-7-10/h3-5,10H,6-8H2,1-2H3,(H,17,19). The zero-order valence-corrected chi connectivity index (χ0v) is 13.2. The summed E-state index contributed by atoms with van der Waals surface area (Å²) in [5, 5.41) is 2.89. The molecule has 1 unspecified atom stereocenters. The summed E-state index contributed by atoms with van der Waals surface area (Å²) in [7, 11) is 0. The van der Waals surface area contributed by atoms with Crippen LogP contribution in [0, 0.1) is 12.8 Å². The molecular formula is C15H17BrN2O2. The predicted molar refractivity (Wildman–Crippen MR) is 80.5 cm³/mol. The number of halogens is 1. The number of nitrogens with one attached hydrogen (secondary N) is 1. The lowest BCUT2D eigenvalue weighted by atomic mass is 9.91. The summed E-state index contributed by atoms with van der Waals surface area (Å²) in [6.07, 6.45) is 2.01. The fraction of sp³-hybridized carbons (Fsp3) is 0.467. The van der Waals surface area contributed by atoms with E-state index < -0.39 is 5.54 Å². The van der Waals surface area contributed by atoms with Crippen molar-refractivity contribution >= 4 is 33.4 Å². The van der Waals surface area contributed by atoms with E-state index >= 15 is 0 Å². The smallest absolute Gasteiger partial charge is 0.253 e. The van der Waals surface area contributed by atoms with Crippen molar-refractivity contribution in [3.63, 3.8) is 0 Å². The van der Waals surface area contributed by atoms with Crippen LogP contribution in [0.2, 0.25) is 0 Å². The highest BCUT2D eigenvalue weighted by Gasteiger charge is 2.53. The van der Waals surface area contributed by atoms with E-state index in [2.05, 4.69) is 21.2 Å². The topological polar surface area (TPSA) is 49.4 Å². The fourth-order valence-electron chi connectivity index (χ4n) is 2.85. The number of hydrogen-bond donors (Lipinski definition) is 1. The summed E-state index contributed by atoms with van der Waals surface area (Å²) < 4.78 is 0.876. The van der Waals surface area contributed by atoms with Gasteiger partial charge in [-0.3, -0.25) is 14.5 Å². The van der Waals surface area contributed by atoms with E-state index in [-0.39, 0.29) is 24.3 Å². The minimum absolute atomic E-state index is 0.00843. The Balaban J connectivity index is 2.02. The fourth-order valence-corrected chi connectivity index (χ4v) is 3.33. The van der Waals surface area contributed by atoms with Crippen LogP contribution in [-0.2, 0) is 9.59 Å². The van der Waals surface area contributed by atoms with Gasteiger partial charge < -0.3 is 5.32 Å². The molecule has 1 aromatic carbocycles. The summed E-state index contributed by atoms with van der Waals surface area (Å²) in [6.45, 7) is 3.91. The van der Waals surface area contributed by atoms with Gasteiger partial charge in [-0.15, -0.1) is 0 Å². The summed E-state index contributed by atoms with van der Waals surface area (Å²) in [4.78, 5) is 26.5. The molecule has 1 aromatic rings. The van der Waals surface area contributed by atoms with Crippen LogP contribution < -0.4 is 10.2 Å². The van der Waals surface area contributed by atoms with E-state index in [1.54, 1.807) is 4.90 Å². The Hall–Kier alpha value is -1.36. The van der Waals surface area contributed by atoms with Crippen LogP contribution in [0.25, 0.3) is 0 Å². The van der Waals surface area contributed by atoms with Crippen LogP contribution in [0.5, 0.6) is 0 Å². The Morgan fingerprint density at radius 1 is 1.35 bits per heavy atom. The first-order chi connectivity index (χ1) is 9.43. The molecule has 1 saturated heterocycles. The number of benzene rings is 1. The maximum absolute atomic E-state index is 12.8. The SMILES string of the molecule is Cc1cccc(N2CC(=O)NC(C)(C3CC3)C2=O)c1Br. The average molecular weight is 337 g/mol. The first-order valence-corrected chi connectivity index (χ1v) is 7.61. The van der Waals surface area contributed by atoms with Gasteiger partial charge in [-0.25, -0.2) is 0 Å². The Morgan fingerprint density at radius 2 is 2.05 bits per heavy atom. The number of anilines is 1. The quantitative estimate of drug-likeness (QED) is 0.901. The molecule has 0 spiro atoms. The summed E-state index contributed by atoms with van der Waals surface area (Å²) in [6, 6.07) is 5.76. The highest BCUT2D eigenvalue weighted by Crippen LogP contribution is 2.43. The number of carbonyl (C=O) groups excluding carboxylic acids is 2. The number of hydrogen-bond acceptors (Lipinski definition) is 2. The Bertz CT molecular complexity index is 598. The second kappa shape index (κ2) is 4.58. The molecule has 1 N–H and O–H groups in total. The van der Waals surface area contributed by atoms with Crippen LogP contribution in [0.1, 0.15) is 25.3 Å². The molecule has 1 aliphatic heterocycles. The summed E-state index contributed by atoms with van der Waals surface area (Å²) in [5.41, 5.74) is 1.07. The largest absolute Gasteiger partial charge is 0.340 e. The monoisotopic (exact) mass is 336 g/mol. The molecule has 2 fully saturated rings.